The summed E-state index contributed by atoms with van der Waals surface area (Å²) in [6, 6.07) is 1.82. The van der Waals surface area contributed by atoms with Gasteiger partial charge in [0, 0.05) is 11.8 Å². The van der Waals surface area contributed by atoms with Crippen molar-refractivity contribution in [3.05, 3.63) is 24.0 Å². The number of rotatable bonds is 2. The number of aliphatic hydroxyl groups is 1. The van der Waals surface area contributed by atoms with Crippen LogP contribution >= 0.6 is 0 Å². The Labute approximate surface area is 91.1 Å². The number of pyridine rings is 1. The molecule has 1 heterocycles. The molecule has 1 rings (SSSR count). The highest BCUT2D eigenvalue weighted by atomic mass is 16.5. The fourth-order valence-electron chi connectivity index (χ4n) is 1.23. The predicted octanol–water partition coefficient (Wildman–Crippen LogP) is 2.34. The Hall–Kier alpha value is -1.09. The van der Waals surface area contributed by atoms with E-state index in [9.17, 15) is 5.11 Å². The van der Waals surface area contributed by atoms with Crippen molar-refractivity contribution in [2.45, 2.75) is 33.3 Å². The van der Waals surface area contributed by atoms with E-state index >= 15 is 0 Å². The first-order chi connectivity index (χ1) is 6.79. The molecule has 0 radical (unpaired) electrons. The SMILES string of the molecule is COc1cncc(C(C)(O)C(C)(C)C)c1. The van der Waals surface area contributed by atoms with Gasteiger partial charge in [0.15, 0.2) is 0 Å². The molecule has 1 atom stereocenters. The third-order valence-electron chi connectivity index (χ3n) is 2.97. The maximum absolute atomic E-state index is 10.4. The largest absolute Gasteiger partial charge is 0.495 e. The van der Waals surface area contributed by atoms with Crippen molar-refractivity contribution < 1.29 is 9.84 Å². The van der Waals surface area contributed by atoms with E-state index in [-0.39, 0.29) is 5.41 Å². The van der Waals surface area contributed by atoms with E-state index in [1.165, 1.54) is 0 Å². The van der Waals surface area contributed by atoms with Gasteiger partial charge >= 0.3 is 0 Å². The summed E-state index contributed by atoms with van der Waals surface area (Å²) in [6.07, 6.45) is 3.30. The summed E-state index contributed by atoms with van der Waals surface area (Å²) in [5.41, 5.74) is -0.399. The number of aromatic nitrogens is 1. The van der Waals surface area contributed by atoms with Gasteiger partial charge in [-0.3, -0.25) is 4.98 Å². The number of hydrogen-bond donors (Lipinski definition) is 1. The molecule has 3 nitrogen and oxygen atoms in total. The Morgan fingerprint density at radius 2 is 1.80 bits per heavy atom. The second-order valence-corrected chi connectivity index (χ2v) is 4.94. The Bertz CT molecular complexity index is 340. The fraction of sp³-hybridized carbons (Fsp3) is 0.583. The van der Waals surface area contributed by atoms with Gasteiger partial charge in [-0.05, 0) is 18.4 Å². The molecule has 3 heteroatoms. The van der Waals surface area contributed by atoms with Crippen molar-refractivity contribution in [2.75, 3.05) is 7.11 Å². The van der Waals surface area contributed by atoms with Crippen molar-refractivity contribution in [1.82, 2.24) is 4.98 Å². The lowest BCUT2D eigenvalue weighted by Gasteiger charge is -2.37. The van der Waals surface area contributed by atoms with Crippen LogP contribution in [0.15, 0.2) is 18.5 Å². The first-order valence-electron chi connectivity index (χ1n) is 5.01. The van der Waals surface area contributed by atoms with Gasteiger partial charge in [0.25, 0.3) is 0 Å². The summed E-state index contributed by atoms with van der Waals surface area (Å²) in [7, 11) is 1.59. The second kappa shape index (κ2) is 3.81. The Morgan fingerprint density at radius 3 is 2.27 bits per heavy atom. The fourth-order valence-corrected chi connectivity index (χ4v) is 1.23. The highest BCUT2D eigenvalue weighted by molar-refractivity contribution is 5.28. The third-order valence-corrected chi connectivity index (χ3v) is 2.97. The maximum atomic E-state index is 10.4. The number of hydrogen-bond acceptors (Lipinski definition) is 3. The van der Waals surface area contributed by atoms with Crippen molar-refractivity contribution in [3.63, 3.8) is 0 Å². The molecule has 0 spiro atoms. The predicted molar refractivity (Wildman–Crippen MR) is 59.8 cm³/mol. The number of nitrogens with zero attached hydrogens (tertiary/aromatic N) is 1. The standard InChI is InChI=1S/C12H19NO2/c1-11(2,3)12(4,14)9-6-10(15-5)8-13-7-9/h6-8,14H,1-5H3. The van der Waals surface area contributed by atoms with Crippen LogP contribution in [-0.4, -0.2) is 17.2 Å². The molecule has 0 saturated carbocycles. The zero-order valence-corrected chi connectivity index (χ0v) is 10.0. The van der Waals surface area contributed by atoms with Crippen LogP contribution in [0, 0.1) is 5.41 Å². The number of ether oxygens (including phenoxy) is 1. The minimum atomic E-state index is -0.922. The Kier molecular flexibility index (Phi) is 3.05. The second-order valence-electron chi connectivity index (χ2n) is 4.94. The van der Waals surface area contributed by atoms with E-state index in [1.807, 2.05) is 26.8 Å². The highest BCUT2D eigenvalue weighted by Gasteiger charge is 2.37. The smallest absolute Gasteiger partial charge is 0.137 e. The van der Waals surface area contributed by atoms with Crippen molar-refractivity contribution in [3.8, 4) is 5.75 Å². The van der Waals surface area contributed by atoms with Gasteiger partial charge in [0.05, 0.1) is 18.9 Å². The molecule has 0 aliphatic rings. The molecule has 0 bridgehead atoms. The molecule has 0 saturated heterocycles. The van der Waals surface area contributed by atoms with Gasteiger partial charge in [-0.2, -0.15) is 0 Å². The lowest BCUT2D eigenvalue weighted by Crippen LogP contribution is -2.36. The quantitative estimate of drug-likeness (QED) is 0.813. The van der Waals surface area contributed by atoms with Crippen LogP contribution in [-0.2, 0) is 5.60 Å². The Morgan fingerprint density at radius 1 is 1.20 bits per heavy atom. The van der Waals surface area contributed by atoms with Crippen LogP contribution in [0.4, 0.5) is 0 Å². The van der Waals surface area contributed by atoms with Gasteiger partial charge in [-0.15, -0.1) is 0 Å². The first-order valence-corrected chi connectivity index (χ1v) is 5.01. The average molecular weight is 209 g/mol. The van der Waals surface area contributed by atoms with Crippen LogP contribution in [0.5, 0.6) is 5.75 Å². The normalized spacial score (nSPS) is 15.9. The minimum absolute atomic E-state index is 0.249. The highest BCUT2D eigenvalue weighted by Crippen LogP contribution is 2.39. The lowest BCUT2D eigenvalue weighted by molar-refractivity contribution is -0.0474. The average Bonchev–Trinajstić information content (AvgIpc) is 2.16. The van der Waals surface area contributed by atoms with E-state index < -0.39 is 5.60 Å². The summed E-state index contributed by atoms with van der Waals surface area (Å²) in [4.78, 5) is 4.05. The van der Waals surface area contributed by atoms with Crippen LogP contribution in [0.3, 0.4) is 0 Å². The molecule has 0 amide bonds. The zero-order chi connectivity index (χ0) is 11.7. The molecule has 0 fully saturated rings. The van der Waals surface area contributed by atoms with E-state index in [2.05, 4.69) is 4.98 Å². The summed E-state index contributed by atoms with van der Waals surface area (Å²) in [5.74, 6) is 0.664. The van der Waals surface area contributed by atoms with E-state index in [0.717, 1.165) is 5.56 Å². The molecular formula is C12H19NO2. The lowest BCUT2D eigenvalue weighted by atomic mass is 9.74. The van der Waals surface area contributed by atoms with Crippen LogP contribution < -0.4 is 4.74 Å². The van der Waals surface area contributed by atoms with Crippen molar-refractivity contribution in [1.29, 1.82) is 0 Å². The van der Waals surface area contributed by atoms with E-state index in [1.54, 1.807) is 26.4 Å². The zero-order valence-electron chi connectivity index (χ0n) is 10.0. The molecule has 0 aromatic carbocycles. The Balaban J connectivity index is 3.15. The van der Waals surface area contributed by atoms with Crippen LogP contribution in [0.2, 0.25) is 0 Å². The first kappa shape index (κ1) is 12.0. The van der Waals surface area contributed by atoms with E-state index in [4.69, 9.17) is 4.74 Å². The molecule has 84 valence electrons. The van der Waals surface area contributed by atoms with Gasteiger partial charge < -0.3 is 9.84 Å². The summed E-state index contributed by atoms with van der Waals surface area (Å²) >= 11 is 0. The van der Waals surface area contributed by atoms with Crippen molar-refractivity contribution in [2.24, 2.45) is 5.41 Å². The summed E-state index contributed by atoms with van der Waals surface area (Å²) in [6.45, 7) is 7.77. The van der Waals surface area contributed by atoms with Crippen LogP contribution in [0.1, 0.15) is 33.3 Å². The van der Waals surface area contributed by atoms with Gasteiger partial charge in [-0.1, -0.05) is 20.8 Å². The van der Waals surface area contributed by atoms with E-state index in [0.29, 0.717) is 5.75 Å². The molecule has 0 aliphatic heterocycles. The van der Waals surface area contributed by atoms with Crippen molar-refractivity contribution >= 4 is 0 Å². The summed E-state index contributed by atoms with van der Waals surface area (Å²) in [5, 5.41) is 10.4. The van der Waals surface area contributed by atoms with Gasteiger partial charge in [0.1, 0.15) is 5.75 Å². The molecule has 0 aliphatic carbocycles. The topological polar surface area (TPSA) is 42.4 Å². The maximum Gasteiger partial charge on any atom is 0.137 e. The monoisotopic (exact) mass is 209 g/mol. The number of methoxy groups -OCH3 is 1. The van der Waals surface area contributed by atoms with Gasteiger partial charge in [0.2, 0.25) is 0 Å². The molecule has 15 heavy (non-hydrogen) atoms. The van der Waals surface area contributed by atoms with Gasteiger partial charge in [-0.25, -0.2) is 0 Å². The third kappa shape index (κ3) is 2.29. The molecule has 1 aromatic heterocycles. The molecule has 1 N–H and O–H groups in total. The minimum Gasteiger partial charge on any atom is -0.495 e. The molecular weight excluding hydrogens is 190 g/mol. The molecule has 1 aromatic rings. The molecule has 1 unspecified atom stereocenters. The van der Waals surface area contributed by atoms with Crippen LogP contribution in [0.25, 0.3) is 0 Å². The summed E-state index contributed by atoms with van der Waals surface area (Å²) < 4.78 is 5.09.